The molecule has 9 heteroatoms. The van der Waals surface area contributed by atoms with Crippen LogP contribution in [0.15, 0.2) is 28.0 Å². The van der Waals surface area contributed by atoms with Gasteiger partial charge in [0.25, 0.3) is 0 Å². The Morgan fingerprint density at radius 3 is 2.87 bits per heavy atom. The van der Waals surface area contributed by atoms with Crippen LogP contribution in [0, 0.1) is 5.92 Å². The van der Waals surface area contributed by atoms with Crippen molar-refractivity contribution in [2.24, 2.45) is 5.92 Å². The Morgan fingerprint density at radius 1 is 1.35 bits per heavy atom. The third-order valence-electron chi connectivity index (χ3n) is 3.89. The van der Waals surface area contributed by atoms with Crippen molar-refractivity contribution in [1.82, 2.24) is 4.98 Å². The Morgan fingerprint density at radius 2 is 2.13 bits per heavy atom. The van der Waals surface area contributed by atoms with E-state index in [0.717, 1.165) is 23.1 Å². The van der Waals surface area contributed by atoms with Crippen LogP contribution >= 0.6 is 34.7 Å². The summed E-state index contributed by atoms with van der Waals surface area (Å²) in [5, 5.41) is 9.40. The van der Waals surface area contributed by atoms with Gasteiger partial charge >= 0.3 is 16.8 Å². The topological polar surface area (TPSA) is 96.5 Å². The number of ether oxygens (including phenoxy) is 1. The number of fused-ring (bicyclic) bond motifs is 5. The molecule has 0 radical (unpaired) electrons. The molecule has 0 unspecified atom stereocenters. The van der Waals surface area contributed by atoms with Gasteiger partial charge in [-0.25, -0.2) is 0 Å². The summed E-state index contributed by atoms with van der Waals surface area (Å²) in [6.45, 7) is 0. The Labute approximate surface area is 142 Å². The fraction of sp³-hybridized carbons (Fsp3) is 0.214. The zero-order valence-electron chi connectivity index (χ0n) is 11.2. The molecule has 3 atom stereocenters. The van der Waals surface area contributed by atoms with Crippen molar-refractivity contribution in [2.45, 2.75) is 16.2 Å². The van der Waals surface area contributed by atoms with Gasteiger partial charge in [0.2, 0.25) is 0 Å². The molecule has 0 amide bonds. The largest absolute Gasteiger partial charge is 0.480 e. The second kappa shape index (κ2) is 5.12. The van der Waals surface area contributed by atoms with Crippen molar-refractivity contribution in [2.75, 3.05) is 0 Å². The Kier molecular flexibility index (Phi) is 3.29. The number of aromatic nitrogens is 1. The standard InChI is InChI=1S/C14H8ClNO5S2/c15-4-1-2-6-5(3-4)7-8(13(19)21-6)10(12(17)18)22-11-9(7)23-14(20)16-11/h1-3,7-8,10H,(H,16,20)(H,17,18)/t7-,8-,10+/m1/s1. The lowest BCUT2D eigenvalue weighted by Crippen LogP contribution is -2.44. The Hall–Kier alpha value is -1.77. The Bertz CT molecular complexity index is 905. The number of aromatic amines is 1. The van der Waals surface area contributed by atoms with E-state index in [-0.39, 0.29) is 4.87 Å². The maximum atomic E-state index is 12.4. The lowest BCUT2D eigenvalue weighted by molar-refractivity contribution is -0.147. The first kappa shape index (κ1) is 14.8. The molecule has 2 N–H and O–H groups in total. The van der Waals surface area contributed by atoms with Crippen molar-refractivity contribution in [3.8, 4) is 5.75 Å². The molecule has 118 valence electrons. The van der Waals surface area contributed by atoms with E-state index in [1.807, 2.05) is 0 Å². The van der Waals surface area contributed by atoms with Crippen LogP contribution in [-0.4, -0.2) is 27.3 Å². The molecule has 1 aromatic carbocycles. The number of H-pyrrole nitrogens is 1. The molecule has 0 saturated carbocycles. The number of carboxylic acids is 1. The monoisotopic (exact) mass is 369 g/mol. The number of aliphatic carboxylic acids is 1. The molecule has 0 spiro atoms. The van der Waals surface area contributed by atoms with Crippen molar-refractivity contribution in [3.05, 3.63) is 43.3 Å². The third-order valence-corrected chi connectivity index (χ3v) is 6.52. The highest BCUT2D eigenvalue weighted by Crippen LogP contribution is 2.53. The maximum absolute atomic E-state index is 12.4. The van der Waals surface area contributed by atoms with E-state index in [1.54, 1.807) is 18.2 Å². The lowest BCUT2D eigenvalue weighted by atomic mass is 9.80. The summed E-state index contributed by atoms with van der Waals surface area (Å²) in [6.07, 6.45) is 0. The van der Waals surface area contributed by atoms with Gasteiger partial charge in [-0.3, -0.25) is 14.4 Å². The first-order valence-electron chi connectivity index (χ1n) is 6.59. The van der Waals surface area contributed by atoms with Crippen molar-refractivity contribution in [3.63, 3.8) is 0 Å². The average molecular weight is 370 g/mol. The van der Waals surface area contributed by atoms with Crippen LogP contribution in [-0.2, 0) is 9.59 Å². The summed E-state index contributed by atoms with van der Waals surface area (Å²) < 4.78 is 5.30. The average Bonchev–Trinajstić information content (AvgIpc) is 2.86. The van der Waals surface area contributed by atoms with E-state index in [9.17, 15) is 19.5 Å². The molecule has 2 aliphatic rings. The molecule has 3 heterocycles. The number of carboxylic acid groups (broad SMARTS) is 1. The molecule has 1 aromatic heterocycles. The summed E-state index contributed by atoms with van der Waals surface area (Å²) in [7, 11) is 0. The minimum absolute atomic E-state index is 0.283. The van der Waals surface area contributed by atoms with Crippen molar-refractivity contribution >= 4 is 46.6 Å². The molecule has 6 nitrogen and oxygen atoms in total. The van der Waals surface area contributed by atoms with Gasteiger partial charge in [0.15, 0.2) is 0 Å². The minimum Gasteiger partial charge on any atom is -0.480 e. The number of rotatable bonds is 1. The van der Waals surface area contributed by atoms with Gasteiger partial charge in [-0.05, 0) is 18.2 Å². The molecule has 2 aliphatic heterocycles. The van der Waals surface area contributed by atoms with E-state index in [4.69, 9.17) is 16.3 Å². The number of halogens is 1. The molecule has 23 heavy (non-hydrogen) atoms. The van der Waals surface area contributed by atoms with Crippen LogP contribution < -0.4 is 9.61 Å². The number of thioether (sulfide) groups is 1. The van der Waals surface area contributed by atoms with Crippen LogP contribution in [0.4, 0.5) is 0 Å². The van der Waals surface area contributed by atoms with Gasteiger partial charge in [0.1, 0.15) is 11.0 Å². The number of carbonyl (C=O) groups is 2. The van der Waals surface area contributed by atoms with Crippen molar-refractivity contribution < 1.29 is 19.4 Å². The molecule has 4 rings (SSSR count). The summed E-state index contributed by atoms with van der Waals surface area (Å²) >= 11 is 8.01. The molecule has 0 saturated heterocycles. The van der Waals surface area contributed by atoms with Crippen molar-refractivity contribution in [1.29, 1.82) is 0 Å². The molecule has 2 aromatic rings. The third kappa shape index (κ3) is 2.20. The molecule has 0 aliphatic carbocycles. The highest BCUT2D eigenvalue weighted by Gasteiger charge is 2.51. The summed E-state index contributed by atoms with van der Waals surface area (Å²) in [4.78, 5) is 38.8. The van der Waals surface area contributed by atoms with E-state index >= 15 is 0 Å². The van der Waals surface area contributed by atoms with Gasteiger partial charge < -0.3 is 14.8 Å². The van der Waals surface area contributed by atoms with E-state index < -0.39 is 29.0 Å². The fourth-order valence-corrected chi connectivity index (χ4v) is 5.56. The Balaban J connectivity index is 2.00. The van der Waals surface area contributed by atoms with Crippen LogP contribution in [0.2, 0.25) is 5.02 Å². The summed E-state index contributed by atoms with van der Waals surface area (Å²) in [5.41, 5.74) is 0.630. The zero-order chi connectivity index (χ0) is 16.3. The zero-order valence-corrected chi connectivity index (χ0v) is 13.6. The number of esters is 1. The van der Waals surface area contributed by atoms with Gasteiger partial charge in [0.05, 0.1) is 10.9 Å². The van der Waals surface area contributed by atoms with E-state index in [0.29, 0.717) is 26.2 Å². The predicted molar refractivity (Wildman–Crippen MR) is 84.6 cm³/mol. The second-order valence-electron chi connectivity index (χ2n) is 5.19. The summed E-state index contributed by atoms with van der Waals surface area (Å²) in [6, 6.07) is 4.84. The number of nitrogens with one attached hydrogen (secondary N) is 1. The van der Waals surface area contributed by atoms with E-state index in [2.05, 4.69) is 4.98 Å². The van der Waals surface area contributed by atoms with Gasteiger partial charge in [0, 0.05) is 21.4 Å². The quantitative estimate of drug-likeness (QED) is 0.591. The van der Waals surface area contributed by atoms with Gasteiger partial charge in [-0.2, -0.15) is 0 Å². The van der Waals surface area contributed by atoms with Crippen LogP contribution in [0.3, 0.4) is 0 Å². The predicted octanol–water partition coefficient (Wildman–Crippen LogP) is 2.32. The summed E-state index contributed by atoms with van der Waals surface area (Å²) in [5.74, 6) is -2.82. The molecular weight excluding hydrogens is 362 g/mol. The first-order chi connectivity index (χ1) is 11.0. The maximum Gasteiger partial charge on any atom is 0.317 e. The SMILES string of the molecule is O=C1Oc2ccc(Cl)cc2[C@H]2c3sc(=O)[nH]c3S[C@H](C(=O)O)[C@H]12. The van der Waals surface area contributed by atoms with Crippen LogP contribution in [0.5, 0.6) is 5.75 Å². The second-order valence-corrected chi connectivity index (χ2v) is 7.79. The number of hydrogen-bond acceptors (Lipinski definition) is 6. The van der Waals surface area contributed by atoms with Gasteiger partial charge in [-0.15, -0.1) is 0 Å². The number of carbonyl (C=O) groups excluding carboxylic acids is 1. The highest BCUT2D eigenvalue weighted by molar-refractivity contribution is 8.00. The number of benzene rings is 1. The molecular formula is C14H8ClNO5S2. The minimum atomic E-state index is -1.12. The van der Waals surface area contributed by atoms with Crippen LogP contribution in [0.1, 0.15) is 16.4 Å². The van der Waals surface area contributed by atoms with Gasteiger partial charge in [-0.1, -0.05) is 34.7 Å². The van der Waals surface area contributed by atoms with E-state index in [1.165, 1.54) is 0 Å². The smallest absolute Gasteiger partial charge is 0.317 e. The highest BCUT2D eigenvalue weighted by atomic mass is 35.5. The fourth-order valence-electron chi connectivity index (χ4n) is 2.99. The van der Waals surface area contributed by atoms with Crippen LogP contribution in [0.25, 0.3) is 0 Å². The number of hydrogen-bond donors (Lipinski definition) is 2. The molecule has 0 fully saturated rings. The first-order valence-corrected chi connectivity index (χ1v) is 8.66. The molecule has 0 bridgehead atoms. The lowest BCUT2D eigenvalue weighted by Gasteiger charge is -2.37. The number of thiazole rings is 1. The normalized spacial score (nSPS) is 25.1.